The van der Waals surface area contributed by atoms with Gasteiger partial charge in [-0.15, -0.1) is 0 Å². The van der Waals surface area contributed by atoms with Crippen LogP contribution >= 0.6 is 0 Å². The molecule has 2 N–H and O–H groups in total. The Morgan fingerprint density at radius 2 is 0.533 bits per heavy atom. The maximum atomic E-state index is 8.33. The Morgan fingerprint density at radius 3 is 0.533 bits per heavy atom. The summed E-state index contributed by atoms with van der Waals surface area (Å²) in [6.45, 7) is 0. The van der Waals surface area contributed by atoms with Gasteiger partial charge in [-0.3, -0.25) is 0 Å². The van der Waals surface area contributed by atoms with Gasteiger partial charge in [-0.1, -0.05) is 0 Å². The molecule has 0 bridgehead atoms. The van der Waals surface area contributed by atoms with Crippen molar-refractivity contribution in [1.82, 2.24) is 0 Å². The summed E-state index contributed by atoms with van der Waals surface area (Å²) >= 11 is 0. The molecular formula is C3H2O10Y2. The zero-order valence-electron chi connectivity index (χ0n) is 6.83. The van der Waals surface area contributed by atoms with Gasteiger partial charge in [0.2, 0.25) is 0 Å². The molecule has 0 saturated carbocycles. The van der Waals surface area contributed by atoms with Crippen LogP contribution in [0.5, 0.6) is 0 Å². The number of carbonyl (C=O) groups is 3. The quantitative estimate of drug-likeness (QED) is 0.391. The van der Waals surface area contributed by atoms with E-state index in [4.69, 9.17) is 45.0 Å². The van der Waals surface area contributed by atoms with Crippen molar-refractivity contribution in [3.63, 3.8) is 0 Å². The second kappa shape index (κ2) is 29.2. The van der Waals surface area contributed by atoms with Gasteiger partial charge in [0.05, 0.1) is 0 Å². The van der Waals surface area contributed by atoms with Crippen LogP contribution in [0.4, 0.5) is 14.4 Å². The molecule has 0 aromatic carbocycles. The maximum absolute atomic E-state index is 8.33. The van der Waals surface area contributed by atoms with E-state index in [1.54, 1.807) is 0 Å². The molecule has 0 aromatic heterocycles. The Balaban J connectivity index is -0.0000000184. The van der Waals surface area contributed by atoms with E-state index in [0.717, 1.165) is 0 Å². The Kier molecular flexibility index (Phi) is 70.7. The predicted octanol–water partition coefficient (Wildman–Crippen LogP) is -8.17. The Hall–Kier alpha value is -0.0222. The van der Waals surface area contributed by atoms with Crippen LogP contribution in [0.25, 0.3) is 0 Å². The van der Waals surface area contributed by atoms with Gasteiger partial charge in [0.15, 0.2) is 0 Å². The van der Waals surface area contributed by atoms with Crippen LogP contribution in [-0.2, 0) is 65.4 Å². The van der Waals surface area contributed by atoms with Crippen molar-refractivity contribution in [3.05, 3.63) is 0 Å². The molecule has 0 radical (unpaired) electrons. The van der Waals surface area contributed by atoms with Gasteiger partial charge < -0.3 is 50.5 Å². The molecule has 0 heterocycles. The van der Waals surface area contributed by atoms with Gasteiger partial charge in [0.25, 0.3) is 0 Å². The fourth-order valence-electron chi connectivity index (χ4n) is 0. The van der Waals surface area contributed by atoms with E-state index in [1.807, 2.05) is 0 Å². The first kappa shape index (κ1) is 36.3. The first-order valence-corrected chi connectivity index (χ1v) is 1.84. The van der Waals surface area contributed by atoms with E-state index in [2.05, 4.69) is 0 Å². The molecule has 0 unspecified atom stereocenters. The molecule has 0 spiro atoms. The molecule has 0 rings (SSSR count). The molecular weight excluding hydrogens is 374 g/mol. The summed E-state index contributed by atoms with van der Waals surface area (Å²) in [6, 6.07) is 0. The van der Waals surface area contributed by atoms with Gasteiger partial charge >= 0.3 is 65.4 Å². The Bertz CT molecular complexity index is 116. The predicted molar refractivity (Wildman–Crippen MR) is 19.8 cm³/mol. The van der Waals surface area contributed by atoms with Crippen LogP contribution in [0.1, 0.15) is 0 Å². The van der Waals surface area contributed by atoms with Crippen molar-refractivity contribution in [2.24, 2.45) is 0 Å². The van der Waals surface area contributed by atoms with Crippen molar-refractivity contribution in [1.29, 1.82) is 0 Å². The zero-order valence-corrected chi connectivity index (χ0v) is 12.5. The van der Waals surface area contributed by atoms with Crippen molar-refractivity contribution >= 4 is 18.5 Å². The summed E-state index contributed by atoms with van der Waals surface area (Å²) in [7, 11) is 0. The van der Waals surface area contributed by atoms with Gasteiger partial charge in [0.1, 0.15) is 0 Å². The Labute approximate surface area is 133 Å². The summed E-state index contributed by atoms with van der Waals surface area (Å²) in [5, 5.41) is 50.0. The topological polar surface area (TPSA) is 221 Å². The first-order valence-electron chi connectivity index (χ1n) is 1.84. The fourth-order valence-corrected chi connectivity index (χ4v) is 0. The van der Waals surface area contributed by atoms with Gasteiger partial charge in [0, 0.05) is 0 Å². The van der Waals surface area contributed by atoms with Crippen LogP contribution in [0.3, 0.4) is 0 Å². The summed E-state index contributed by atoms with van der Waals surface area (Å²) in [5.74, 6) is 0. The SMILES string of the molecule is O.O=C([O-])[O-].O=C([O-])[O-].O=C([O-])[O-].[Y+3].[Y+3]. The normalized spacial score (nSPS) is 4.80. The molecule has 0 aliphatic carbocycles. The van der Waals surface area contributed by atoms with E-state index >= 15 is 0 Å². The van der Waals surface area contributed by atoms with Crippen LogP contribution in [0.2, 0.25) is 0 Å². The van der Waals surface area contributed by atoms with Crippen molar-refractivity contribution < 1.29 is 116 Å². The standard InChI is InChI=1S/3CH2O3.H2O.2Y/c3*2-1(3)4;;;/h3*(H2,2,3,4);1H2;;/q;;;;2*+3/p-6. The minimum absolute atomic E-state index is 0. The molecule has 0 fully saturated rings. The van der Waals surface area contributed by atoms with Crippen molar-refractivity contribution in [2.45, 2.75) is 0 Å². The van der Waals surface area contributed by atoms with E-state index in [9.17, 15) is 0 Å². The average Bonchev–Trinajstić information content (AvgIpc) is 1.54. The van der Waals surface area contributed by atoms with Crippen LogP contribution in [0, 0.1) is 0 Å². The minimum atomic E-state index is -2.33. The fraction of sp³-hybridized carbons (Fsp3) is 0. The number of hydrogen-bond acceptors (Lipinski definition) is 9. The first-order chi connectivity index (χ1) is 5.20. The van der Waals surface area contributed by atoms with Gasteiger partial charge in [-0.2, -0.15) is 0 Å². The smallest absolute Gasteiger partial charge is 0.652 e. The maximum Gasteiger partial charge on any atom is 3.00 e. The van der Waals surface area contributed by atoms with E-state index in [-0.39, 0.29) is 70.9 Å². The largest absolute Gasteiger partial charge is 3.00 e. The monoisotopic (exact) mass is 376 g/mol. The van der Waals surface area contributed by atoms with Crippen molar-refractivity contribution in [2.75, 3.05) is 0 Å². The number of hydrogen-bond donors (Lipinski definition) is 0. The summed E-state index contributed by atoms with van der Waals surface area (Å²) < 4.78 is 0. The molecule has 12 heteroatoms. The van der Waals surface area contributed by atoms with E-state index in [1.165, 1.54) is 0 Å². The average molecular weight is 376 g/mol. The molecule has 80 valence electrons. The second-order valence-electron chi connectivity index (χ2n) is 0.750. The van der Waals surface area contributed by atoms with Crippen LogP contribution < -0.4 is 30.6 Å². The third-order valence-electron chi connectivity index (χ3n) is 0. The third kappa shape index (κ3) is 4070000. The van der Waals surface area contributed by atoms with E-state index < -0.39 is 18.5 Å². The molecule has 0 aromatic rings. The molecule has 0 saturated heterocycles. The van der Waals surface area contributed by atoms with Crippen molar-refractivity contribution in [3.8, 4) is 0 Å². The molecule has 0 aliphatic rings. The molecule has 0 amide bonds. The summed E-state index contributed by atoms with van der Waals surface area (Å²) in [4.78, 5) is 25.0. The number of carbonyl (C=O) groups excluding carboxylic acids is 3. The van der Waals surface area contributed by atoms with Crippen LogP contribution in [-0.4, -0.2) is 23.9 Å². The number of rotatable bonds is 0. The summed E-state index contributed by atoms with van der Waals surface area (Å²) in [6.07, 6.45) is -7.00. The number of carboxylic acid groups (broad SMARTS) is 6. The molecule has 0 atom stereocenters. The molecule has 0 aliphatic heterocycles. The third-order valence-corrected chi connectivity index (χ3v) is 0. The van der Waals surface area contributed by atoms with Gasteiger partial charge in [-0.05, 0) is 18.5 Å². The minimum Gasteiger partial charge on any atom is -0.652 e. The van der Waals surface area contributed by atoms with Crippen LogP contribution in [0.15, 0.2) is 0 Å². The van der Waals surface area contributed by atoms with E-state index in [0.29, 0.717) is 0 Å². The second-order valence-corrected chi connectivity index (χ2v) is 0.750. The van der Waals surface area contributed by atoms with Gasteiger partial charge in [-0.25, -0.2) is 0 Å². The summed E-state index contributed by atoms with van der Waals surface area (Å²) in [5.41, 5.74) is 0. The zero-order chi connectivity index (χ0) is 10.7. The Morgan fingerprint density at radius 1 is 0.533 bits per heavy atom. The molecule has 15 heavy (non-hydrogen) atoms. The molecule has 10 nitrogen and oxygen atoms in total.